The third-order valence-electron chi connectivity index (χ3n) is 3.94. The number of nitrogens with zero attached hydrogens (tertiary/aromatic N) is 1. The first-order valence-electron chi connectivity index (χ1n) is 6.76. The Balaban J connectivity index is 1.82. The van der Waals surface area contributed by atoms with Gasteiger partial charge in [0.25, 0.3) is 0 Å². The van der Waals surface area contributed by atoms with E-state index in [9.17, 15) is 9.59 Å². The summed E-state index contributed by atoms with van der Waals surface area (Å²) in [5.41, 5.74) is 0. The van der Waals surface area contributed by atoms with Crippen molar-refractivity contribution in [3.8, 4) is 0 Å². The third-order valence-corrected chi connectivity index (χ3v) is 3.94. The van der Waals surface area contributed by atoms with Gasteiger partial charge in [-0.15, -0.1) is 0 Å². The van der Waals surface area contributed by atoms with E-state index in [1.54, 1.807) is 0 Å². The van der Waals surface area contributed by atoms with Crippen molar-refractivity contribution in [2.75, 3.05) is 19.7 Å². The number of urea groups is 1. The molecule has 0 aliphatic carbocycles. The van der Waals surface area contributed by atoms with Crippen molar-refractivity contribution in [3.05, 3.63) is 0 Å². The van der Waals surface area contributed by atoms with E-state index in [0.29, 0.717) is 6.04 Å². The van der Waals surface area contributed by atoms with Gasteiger partial charge < -0.3 is 20.8 Å². The van der Waals surface area contributed by atoms with Crippen LogP contribution in [-0.4, -0.2) is 64.9 Å². The van der Waals surface area contributed by atoms with Crippen molar-refractivity contribution in [1.29, 1.82) is 0 Å². The fraction of sp³-hybridized carbons (Fsp3) is 0.833. The highest BCUT2D eigenvalue weighted by Crippen LogP contribution is 2.27. The number of aliphatic hydroxyl groups is 1. The quantitative estimate of drug-likeness (QED) is 0.532. The maximum atomic E-state index is 11.8. The molecule has 7 nitrogen and oxygen atoms in total. The van der Waals surface area contributed by atoms with Gasteiger partial charge in [-0.2, -0.15) is 0 Å². The molecule has 19 heavy (non-hydrogen) atoms. The summed E-state index contributed by atoms with van der Waals surface area (Å²) >= 11 is 0. The van der Waals surface area contributed by atoms with Gasteiger partial charge in [-0.25, -0.2) is 9.59 Å². The number of hydrogen-bond acceptors (Lipinski definition) is 4. The minimum absolute atomic E-state index is 0.0168. The first-order valence-corrected chi connectivity index (χ1v) is 6.76. The summed E-state index contributed by atoms with van der Waals surface area (Å²) in [6.07, 6.45) is 3.18. The van der Waals surface area contributed by atoms with Gasteiger partial charge in [0.1, 0.15) is 6.04 Å². The Kier molecular flexibility index (Phi) is 4.60. The number of carbonyl (C=O) groups is 2. The van der Waals surface area contributed by atoms with E-state index < -0.39 is 18.0 Å². The van der Waals surface area contributed by atoms with Gasteiger partial charge in [0, 0.05) is 31.7 Å². The van der Waals surface area contributed by atoms with Gasteiger partial charge in [-0.3, -0.25) is 4.90 Å². The fourth-order valence-electron chi connectivity index (χ4n) is 3.01. The number of aliphatic carboxylic acids is 1. The van der Waals surface area contributed by atoms with E-state index in [1.807, 2.05) is 0 Å². The standard InChI is InChI=1S/C12H21N3O4/c16-7-4-9(11(17)18)14-12(19)13-8-3-6-15-5-1-2-10(8)15/h8-10,16H,1-7H2,(H,17,18)(H2,13,14,19). The van der Waals surface area contributed by atoms with Crippen molar-refractivity contribution in [1.82, 2.24) is 15.5 Å². The number of nitrogens with one attached hydrogen (secondary N) is 2. The molecule has 2 heterocycles. The van der Waals surface area contributed by atoms with Crippen LogP contribution in [0.4, 0.5) is 4.79 Å². The molecule has 0 spiro atoms. The zero-order valence-corrected chi connectivity index (χ0v) is 10.8. The summed E-state index contributed by atoms with van der Waals surface area (Å²) in [6.45, 7) is 1.82. The van der Waals surface area contributed by atoms with E-state index in [0.717, 1.165) is 32.4 Å². The molecule has 0 aromatic rings. The first-order chi connectivity index (χ1) is 9.11. The van der Waals surface area contributed by atoms with Gasteiger partial charge in [-0.1, -0.05) is 0 Å². The predicted molar refractivity (Wildman–Crippen MR) is 67.8 cm³/mol. The average Bonchev–Trinajstić information content (AvgIpc) is 2.93. The topological polar surface area (TPSA) is 102 Å². The second-order valence-electron chi connectivity index (χ2n) is 5.16. The van der Waals surface area contributed by atoms with Gasteiger partial charge in [-0.05, 0) is 25.8 Å². The molecule has 0 bridgehead atoms. The normalized spacial score (nSPS) is 27.8. The number of hydrogen-bond donors (Lipinski definition) is 4. The lowest BCUT2D eigenvalue weighted by molar-refractivity contribution is -0.139. The first kappa shape index (κ1) is 14.1. The Morgan fingerprint density at radius 3 is 2.79 bits per heavy atom. The lowest BCUT2D eigenvalue weighted by Crippen LogP contribution is -2.51. The van der Waals surface area contributed by atoms with Gasteiger partial charge in [0.2, 0.25) is 0 Å². The number of carbonyl (C=O) groups excluding carboxylic acids is 1. The Morgan fingerprint density at radius 1 is 1.32 bits per heavy atom. The van der Waals surface area contributed by atoms with E-state index >= 15 is 0 Å². The van der Waals surface area contributed by atoms with E-state index in [4.69, 9.17) is 10.2 Å². The Labute approximate surface area is 112 Å². The summed E-state index contributed by atoms with van der Waals surface area (Å²) in [5, 5.41) is 22.9. The number of amides is 2. The van der Waals surface area contributed by atoms with Crippen LogP contribution in [0.15, 0.2) is 0 Å². The molecule has 3 atom stereocenters. The van der Waals surface area contributed by atoms with Crippen molar-refractivity contribution in [3.63, 3.8) is 0 Å². The van der Waals surface area contributed by atoms with Crippen LogP contribution in [0.1, 0.15) is 25.7 Å². The molecule has 2 amide bonds. The molecule has 0 saturated carbocycles. The molecule has 4 N–H and O–H groups in total. The summed E-state index contributed by atoms with van der Waals surface area (Å²) in [7, 11) is 0. The molecule has 3 unspecified atom stereocenters. The van der Waals surface area contributed by atoms with Crippen LogP contribution in [0.2, 0.25) is 0 Å². The lowest BCUT2D eigenvalue weighted by atomic mass is 10.1. The summed E-state index contributed by atoms with van der Waals surface area (Å²) in [5.74, 6) is -1.13. The Hall–Kier alpha value is -1.34. The molecular weight excluding hydrogens is 250 g/mol. The highest BCUT2D eigenvalue weighted by atomic mass is 16.4. The monoisotopic (exact) mass is 271 g/mol. The predicted octanol–water partition coefficient (Wildman–Crippen LogP) is -0.642. The minimum atomic E-state index is -1.13. The maximum Gasteiger partial charge on any atom is 0.326 e. The van der Waals surface area contributed by atoms with Crippen molar-refractivity contribution >= 4 is 12.0 Å². The van der Waals surface area contributed by atoms with Crippen LogP contribution >= 0.6 is 0 Å². The van der Waals surface area contributed by atoms with Gasteiger partial charge >= 0.3 is 12.0 Å². The summed E-state index contributed by atoms with van der Waals surface area (Å²) in [4.78, 5) is 25.0. The van der Waals surface area contributed by atoms with Gasteiger partial charge in [0.05, 0.1) is 0 Å². The van der Waals surface area contributed by atoms with Gasteiger partial charge in [0.15, 0.2) is 0 Å². The molecule has 2 aliphatic rings. The lowest BCUT2D eigenvalue weighted by Gasteiger charge is -2.22. The number of fused-ring (bicyclic) bond motifs is 1. The largest absolute Gasteiger partial charge is 0.480 e. The summed E-state index contributed by atoms with van der Waals surface area (Å²) < 4.78 is 0. The third kappa shape index (κ3) is 3.36. The van der Waals surface area contributed by atoms with Crippen molar-refractivity contribution in [2.45, 2.75) is 43.8 Å². The molecular formula is C12H21N3O4. The number of rotatable bonds is 5. The average molecular weight is 271 g/mol. The molecule has 7 heteroatoms. The van der Waals surface area contributed by atoms with Crippen LogP contribution in [0.3, 0.4) is 0 Å². The Bertz CT molecular complexity index is 350. The van der Waals surface area contributed by atoms with Crippen LogP contribution in [0.5, 0.6) is 0 Å². The second kappa shape index (κ2) is 6.21. The highest BCUT2D eigenvalue weighted by molar-refractivity contribution is 5.82. The minimum Gasteiger partial charge on any atom is -0.480 e. The van der Waals surface area contributed by atoms with E-state index in [-0.39, 0.29) is 19.1 Å². The number of aliphatic hydroxyl groups excluding tert-OH is 1. The van der Waals surface area contributed by atoms with Crippen LogP contribution in [-0.2, 0) is 4.79 Å². The highest BCUT2D eigenvalue weighted by Gasteiger charge is 2.38. The van der Waals surface area contributed by atoms with E-state index in [2.05, 4.69) is 15.5 Å². The Morgan fingerprint density at radius 2 is 2.11 bits per heavy atom. The van der Waals surface area contributed by atoms with Crippen LogP contribution in [0.25, 0.3) is 0 Å². The molecule has 2 aliphatic heterocycles. The van der Waals surface area contributed by atoms with Crippen molar-refractivity contribution in [2.24, 2.45) is 0 Å². The summed E-state index contributed by atoms with van der Waals surface area (Å²) in [6, 6.07) is -0.997. The molecule has 2 fully saturated rings. The smallest absolute Gasteiger partial charge is 0.326 e. The molecule has 0 aromatic heterocycles. The second-order valence-corrected chi connectivity index (χ2v) is 5.16. The molecule has 2 rings (SSSR count). The SMILES string of the molecule is O=C(NC(CCO)C(=O)O)NC1CCN2CCCC12. The molecule has 0 radical (unpaired) electrons. The van der Waals surface area contributed by atoms with Crippen LogP contribution in [0, 0.1) is 0 Å². The maximum absolute atomic E-state index is 11.8. The fourth-order valence-corrected chi connectivity index (χ4v) is 3.01. The van der Waals surface area contributed by atoms with Crippen LogP contribution < -0.4 is 10.6 Å². The molecule has 108 valence electrons. The molecule has 2 saturated heterocycles. The molecule has 0 aromatic carbocycles. The van der Waals surface area contributed by atoms with Crippen molar-refractivity contribution < 1.29 is 19.8 Å². The van der Waals surface area contributed by atoms with E-state index in [1.165, 1.54) is 0 Å². The zero-order chi connectivity index (χ0) is 13.8. The zero-order valence-electron chi connectivity index (χ0n) is 10.8. The number of carboxylic acid groups (broad SMARTS) is 1. The number of carboxylic acids is 1.